The molecule has 0 unspecified atom stereocenters. The van der Waals surface area contributed by atoms with Gasteiger partial charge in [-0.25, -0.2) is 4.79 Å². The van der Waals surface area contributed by atoms with Crippen LogP contribution in [0.1, 0.15) is 62.7 Å². The van der Waals surface area contributed by atoms with Gasteiger partial charge in [0, 0.05) is 6.42 Å². The zero-order valence-corrected chi connectivity index (χ0v) is 13.6. The van der Waals surface area contributed by atoms with Crippen LogP contribution in [0.25, 0.3) is 0 Å². The van der Waals surface area contributed by atoms with Crippen molar-refractivity contribution in [2.45, 2.75) is 58.5 Å². The van der Waals surface area contributed by atoms with E-state index in [9.17, 15) is 9.90 Å². The van der Waals surface area contributed by atoms with E-state index >= 15 is 0 Å². The fourth-order valence-corrected chi connectivity index (χ4v) is 2.22. The summed E-state index contributed by atoms with van der Waals surface area (Å²) in [7, 11) is 0. The lowest BCUT2D eigenvalue weighted by molar-refractivity contribution is 0.0422. The highest BCUT2D eigenvalue weighted by atomic mass is 16.5. The van der Waals surface area contributed by atoms with Crippen molar-refractivity contribution in [2.24, 2.45) is 5.92 Å². The summed E-state index contributed by atoms with van der Waals surface area (Å²) in [5.41, 5.74) is 0.404. The van der Waals surface area contributed by atoms with Crippen LogP contribution in [0.2, 0.25) is 0 Å². The summed E-state index contributed by atoms with van der Waals surface area (Å²) in [5, 5.41) is 19.0. The van der Waals surface area contributed by atoms with E-state index in [1.807, 2.05) is 0 Å². The number of phenols is 1. The van der Waals surface area contributed by atoms with E-state index in [1.54, 1.807) is 0 Å². The molecule has 0 saturated carbocycles. The van der Waals surface area contributed by atoms with E-state index in [1.165, 1.54) is 37.1 Å². The molecule has 0 aliphatic heterocycles. The van der Waals surface area contributed by atoms with Crippen LogP contribution in [0, 0.1) is 5.92 Å². The van der Waals surface area contributed by atoms with E-state index in [2.05, 4.69) is 13.8 Å². The number of phenolic OH excluding ortho intramolecular Hbond substituents is 1. The van der Waals surface area contributed by atoms with Gasteiger partial charge in [0.15, 0.2) is 0 Å². The number of hydrogen-bond acceptors (Lipinski definition) is 4. The Morgan fingerprint density at radius 2 is 1.68 bits per heavy atom. The Hall–Kier alpha value is -1.55. The molecule has 0 bridgehead atoms. The lowest BCUT2D eigenvalue weighted by atomic mass is 10.0. The van der Waals surface area contributed by atoms with Gasteiger partial charge in [-0.2, -0.15) is 0 Å². The van der Waals surface area contributed by atoms with Gasteiger partial charge in [-0.15, -0.1) is 0 Å². The van der Waals surface area contributed by atoms with Crippen LogP contribution in [-0.4, -0.2) is 28.9 Å². The summed E-state index contributed by atoms with van der Waals surface area (Å²) in [5.74, 6) is 0.429. The van der Waals surface area contributed by atoms with Gasteiger partial charge in [0.25, 0.3) is 0 Å². The van der Waals surface area contributed by atoms with Gasteiger partial charge in [-0.1, -0.05) is 39.5 Å². The number of hydrogen-bond donors (Lipinski definition) is 2. The topological polar surface area (TPSA) is 66.8 Å². The van der Waals surface area contributed by atoms with Crippen molar-refractivity contribution in [2.75, 3.05) is 6.61 Å². The molecule has 0 radical (unpaired) electrons. The lowest BCUT2D eigenvalue weighted by Gasteiger charge is -2.11. The first kappa shape index (κ1) is 18.5. The first-order valence-corrected chi connectivity index (χ1v) is 8.13. The fraction of sp³-hybridized carbons (Fsp3) is 0.611. The molecule has 1 atom stereocenters. The number of aliphatic hydroxyl groups excluding tert-OH is 1. The maximum Gasteiger partial charge on any atom is 0.338 e. The number of carbonyl (C=O) groups is 1. The predicted octanol–water partition coefficient (Wildman–Crippen LogP) is 3.91. The highest BCUT2D eigenvalue weighted by molar-refractivity contribution is 5.89. The van der Waals surface area contributed by atoms with Crippen LogP contribution >= 0.6 is 0 Å². The van der Waals surface area contributed by atoms with E-state index in [-0.39, 0.29) is 12.4 Å². The molecule has 0 spiro atoms. The van der Waals surface area contributed by atoms with Crippen molar-refractivity contribution in [3.05, 3.63) is 29.8 Å². The number of aromatic hydroxyl groups is 1. The molecule has 1 rings (SSSR count). The highest BCUT2D eigenvalue weighted by Crippen LogP contribution is 2.13. The number of carbonyl (C=O) groups excluding carboxylic acids is 1. The van der Waals surface area contributed by atoms with E-state index in [4.69, 9.17) is 9.84 Å². The molecule has 0 heterocycles. The molecule has 0 amide bonds. The van der Waals surface area contributed by atoms with Gasteiger partial charge in [-0.05, 0) is 36.6 Å². The third kappa shape index (κ3) is 8.03. The van der Waals surface area contributed by atoms with E-state index in [0.29, 0.717) is 12.0 Å². The van der Waals surface area contributed by atoms with Gasteiger partial charge < -0.3 is 14.9 Å². The van der Waals surface area contributed by atoms with Crippen molar-refractivity contribution in [3.63, 3.8) is 0 Å². The van der Waals surface area contributed by atoms with Crippen LogP contribution < -0.4 is 0 Å². The SMILES string of the molecule is CC(C)CCCCC[C@H](O)CCOC(=O)c1ccc(O)cc1. The van der Waals surface area contributed by atoms with Crippen molar-refractivity contribution in [1.29, 1.82) is 0 Å². The van der Waals surface area contributed by atoms with Crippen molar-refractivity contribution in [1.82, 2.24) is 0 Å². The fourth-order valence-electron chi connectivity index (χ4n) is 2.22. The summed E-state index contributed by atoms with van der Waals surface area (Å²) in [6, 6.07) is 5.93. The van der Waals surface area contributed by atoms with Crippen LogP contribution in [0.5, 0.6) is 5.75 Å². The first-order chi connectivity index (χ1) is 10.5. The summed E-state index contributed by atoms with van der Waals surface area (Å²) in [6.45, 7) is 4.65. The van der Waals surface area contributed by atoms with E-state index < -0.39 is 12.1 Å². The van der Waals surface area contributed by atoms with E-state index in [0.717, 1.165) is 25.2 Å². The quantitative estimate of drug-likeness (QED) is 0.508. The van der Waals surface area contributed by atoms with Crippen LogP contribution in [0.4, 0.5) is 0 Å². The zero-order chi connectivity index (χ0) is 16.4. The Bertz CT molecular complexity index is 425. The third-order valence-corrected chi connectivity index (χ3v) is 3.61. The van der Waals surface area contributed by atoms with Gasteiger partial charge >= 0.3 is 5.97 Å². The molecule has 0 saturated heterocycles. The Kier molecular flexibility index (Phi) is 8.60. The minimum Gasteiger partial charge on any atom is -0.508 e. The first-order valence-electron chi connectivity index (χ1n) is 8.13. The molecule has 4 heteroatoms. The Morgan fingerprint density at radius 1 is 1.05 bits per heavy atom. The minimum atomic E-state index is -0.427. The number of unbranched alkanes of at least 4 members (excludes halogenated alkanes) is 2. The Balaban J connectivity index is 2.10. The van der Waals surface area contributed by atoms with Crippen LogP contribution in [-0.2, 0) is 4.74 Å². The summed E-state index contributed by atoms with van der Waals surface area (Å²) < 4.78 is 5.12. The second-order valence-electron chi connectivity index (χ2n) is 6.16. The number of rotatable bonds is 10. The minimum absolute atomic E-state index is 0.115. The summed E-state index contributed by atoms with van der Waals surface area (Å²) >= 11 is 0. The highest BCUT2D eigenvalue weighted by Gasteiger charge is 2.09. The largest absolute Gasteiger partial charge is 0.508 e. The Labute approximate surface area is 133 Å². The normalized spacial score (nSPS) is 12.4. The number of ether oxygens (including phenoxy) is 1. The molecular weight excluding hydrogens is 280 g/mol. The molecular formula is C18H28O4. The molecule has 22 heavy (non-hydrogen) atoms. The van der Waals surface area contributed by atoms with Crippen LogP contribution in [0.3, 0.4) is 0 Å². The maximum atomic E-state index is 11.7. The average molecular weight is 308 g/mol. The molecule has 0 aromatic heterocycles. The number of esters is 1. The molecule has 0 aliphatic rings. The lowest BCUT2D eigenvalue weighted by Crippen LogP contribution is -2.13. The van der Waals surface area contributed by atoms with Crippen molar-refractivity contribution < 1.29 is 19.7 Å². The summed E-state index contributed by atoms with van der Waals surface area (Å²) in [6.07, 6.45) is 5.41. The van der Waals surface area contributed by atoms with Crippen molar-refractivity contribution >= 4 is 5.97 Å². The van der Waals surface area contributed by atoms with Gasteiger partial charge in [0.2, 0.25) is 0 Å². The molecule has 1 aromatic rings. The molecule has 124 valence electrons. The number of benzene rings is 1. The molecule has 2 N–H and O–H groups in total. The standard InChI is InChI=1S/C18H28O4/c1-14(2)6-4-3-5-7-16(19)12-13-22-18(21)15-8-10-17(20)11-9-15/h8-11,14,16,19-20H,3-7,12-13H2,1-2H3/t16-/m0/s1. The smallest absolute Gasteiger partial charge is 0.338 e. The van der Waals surface area contributed by atoms with Gasteiger partial charge in [0.05, 0.1) is 18.3 Å². The zero-order valence-electron chi connectivity index (χ0n) is 13.6. The monoisotopic (exact) mass is 308 g/mol. The number of aliphatic hydroxyl groups is 1. The third-order valence-electron chi connectivity index (χ3n) is 3.61. The molecule has 4 nitrogen and oxygen atoms in total. The van der Waals surface area contributed by atoms with Gasteiger partial charge in [-0.3, -0.25) is 0 Å². The molecule has 0 aliphatic carbocycles. The second-order valence-corrected chi connectivity index (χ2v) is 6.16. The predicted molar refractivity (Wildman–Crippen MR) is 86.9 cm³/mol. The molecule has 0 fully saturated rings. The Morgan fingerprint density at radius 3 is 2.32 bits per heavy atom. The van der Waals surface area contributed by atoms with Gasteiger partial charge in [0.1, 0.15) is 5.75 Å². The molecule has 1 aromatic carbocycles. The average Bonchev–Trinajstić information content (AvgIpc) is 2.47. The maximum absolute atomic E-state index is 11.7. The van der Waals surface area contributed by atoms with Crippen molar-refractivity contribution in [3.8, 4) is 5.75 Å². The summed E-state index contributed by atoms with van der Waals surface area (Å²) in [4.78, 5) is 11.7. The van der Waals surface area contributed by atoms with Crippen LogP contribution in [0.15, 0.2) is 24.3 Å². The second kappa shape index (κ2) is 10.2.